The van der Waals surface area contributed by atoms with Crippen LogP contribution in [0.15, 0.2) is 66.7 Å². The van der Waals surface area contributed by atoms with E-state index in [1.807, 2.05) is 86.3 Å². The van der Waals surface area contributed by atoms with E-state index in [0.29, 0.717) is 25.3 Å². The van der Waals surface area contributed by atoms with Crippen LogP contribution in [0.25, 0.3) is 10.8 Å². The van der Waals surface area contributed by atoms with Gasteiger partial charge in [-0.25, -0.2) is 0 Å². The third kappa shape index (κ3) is 5.16. The molecule has 6 nitrogen and oxygen atoms in total. The minimum atomic E-state index is -0.568. The lowest BCUT2D eigenvalue weighted by Crippen LogP contribution is -2.56. The first-order valence-corrected chi connectivity index (χ1v) is 12.0. The molecule has 1 aliphatic rings. The van der Waals surface area contributed by atoms with E-state index in [4.69, 9.17) is 4.74 Å². The van der Waals surface area contributed by atoms with Crippen LogP contribution in [-0.4, -0.2) is 55.5 Å². The molecule has 1 unspecified atom stereocenters. The molecule has 1 N–H and O–H groups in total. The zero-order valence-electron chi connectivity index (χ0n) is 20.2. The van der Waals surface area contributed by atoms with Crippen molar-refractivity contribution in [2.24, 2.45) is 5.92 Å². The van der Waals surface area contributed by atoms with Crippen molar-refractivity contribution >= 4 is 28.3 Å². The molecule has 0 spiro atoms. The Hall–Kier alpha value is -3.54. The summed E-state index contributed by atoms with van der Waals surface area (Å²) >= 11 is 0. The third-order valence-corrected chi connectivity index (χ3v) is 6.33. The number of hydrogen-bond donors (Lipinski definition) is 1. The normalized spacial score (nSPS) is 14.8. The van der Waals surface area contributed by atoms with Gasteiger partial charge in [-0.15, -0.1) is 0 Å². The summed E-state index contributed by atoms with van der Waals surface area (Å²) in [5, 5.41) is 5.09. The maximum Gasteiger partial charge on any atom is 0.251 e. The molecule has 1 fully saturated rings. The van der Waals surface area contributed by atoms with Gasteiger partial charge in [-0.2, -0.15) is 0 Å². The fraction of sp³-hybridized carbons (Fsp3) is 0.357. The number of hydrogen-bond acceptors (Lipinski definition) is 4. The first-order valence-electron chi connectivity index (χ1n) is 12.0. The lowest BCUT2D eigenvalue weighted by molar-refractivity contribution is -0.134. The topological polar surface area (TPSA) is 61.9 Å². The fourth-order valence-corrected chi connectivity index (χ4v) is 4.43. The molecular weight excluding hydrogens is 426 g/mol. The van der Waals surface area contributed by atoms with E-state index >= 15 is 0 Å². The Bertz CT molecular complexity index is 1150. The van der Waals surface area contributed by atoms with E-state index in [-0.39, 0.29) is 17.7 Å². The van der Waals surface area contributed by atoms with Gasteiger partial charge in [-0.3, -0.25) is 9.59 Å². The lowest BCUT2D eigenvalue weighted by atomic mass is 10.0. The molecule has 34 heavy (non-hydrogen) atoms. The number of benzene rings is 3. The van der Waals surface area contributed by atoms with Crippen LogP contribution in [0.4, 0.5) is 5.69 Å². The summed E-state index contributed by atoms with van der Waals surface area (Å²) < 4.78 is 5.78. The van der Waals surface area contributed by atoms with Crippen molar-refractivity contribution in [3.05, 3.63) is 72.3 Å². The number of para-hydroxylation sites is 2. The minimum absolute atomic E-state index is 0.0198. The van der Waals surface area contributed by atoms with Crippen LogP contribution in [0.5, 0.6) is 5.75 Å². The molecule has 4 rings (SSSR count). The molecule has 178 valence electrons. The average Bonchev–Trinajstić information content (AvgIpc) is 2.87. The summed E-state index contributed by atoms with van der Waals surface area (Å²) in [7, 11) is 0. The SMILES string of the molecule is CCOc1ccccc1N1CCN(C(=O)C(NC(=O)c2ccc3ccccc3c2)C(C)C)CC1. The van der Waals surface area contributed by atoms with Crippen molar-refractivity contribution in [3.8, 4) is 5.75 Å². The van der Waals surface area contributed by atoms with Crippen LogP contribution in [0.3, 0.4) is 0 Å². The lowest BCUT2D eigenvalue weighted by Gasteiger charge is -2.38. The monoisotopic (exact) mass is 459 g/mol. The predicted octanol–water partition coefficient (Wildman–Crippen LogP) is 4.34. The molecule has 0 saturated carbocycles. The van der Waals surface area contributed by atoms with Gasteiger partial charge >= 0.3 is 0 Å². The van der Waals surface area contributed by atoms with E-state index in [0.717, 1.165) is 35.3 Å². The van der Waals surface area contributed by atoms with Crippen LogP contribution >= 0.6 is 0 Å². The largest absolute Gasteiger partial charge is 0.492 e. The number of anilines is 1. The number of piperazine rings is 1. The predicted molar refractivity (Wildman–Crippen MR) is 136 cm³/mol. The number of carbonyl (C=O) groups is 2. The number of carbonyl (C=O) groups excluding carboxylic acids is 2. The van der Waals surface area contributed by atoms with Gasteiger partial charge in [0.25, 0.3) is 5.91 Å². The highest BCUT2D eigenvalue weighted by molar-refractivity contribution is 6.00. The second-order valence-electron chi connectivity index (χ2n) is 8.97. The first kappa shape index (κ1) is 23.6. The number of ether oxygens (including phenoxy) is 1. The summed E-state index contributed by atoms with van der Waals surface area (Å²) in [5.74, 6) is 0.602. The molecule has 1 atom stereocenters. The van der Waals surface area contributed by atoms with E-state index in [2.05, 4.69) is 16.3 Å². The molecule has 6 heteroatoms. The van der Waals surface area contributed by atoms with Gasteiger partial charge in [0.15, 0.2) is 0 Å². The quantitative estimate of drug-likeness (QED) is 0.571. The van der Waals surface area contributed by atoms with Gasteiger partial charge in [0.05, 0.1) is 12.3 Å². The maximum absolute atomic E-state index is 13.4. The van der Waals surface area contributed by atoms with Crippen molar-refractivity contribution in [1.29, 1.82) is 0 Å². The molecule has 3 aromatic rings. The second kappa shape index (κ2) is 10.6. The molecular formula is C28H33N3O3. The molecule has 3 aromatic carbocycles. The van der Waals surface area contributed by atoms with Gasteiger partial charge in [-0.1, -0.05) is 56.3 Å². The zero-order chi connectivity index (χ0) is 24.1. The van der Waals surface area contributed by atoms with Crippen LogP contribution in [0, 0.1) is 5.92 Å². The number of rotatable bonds is 7. The molecule has 0 radical (unpaired) electrons. The minimum Gasteiger partial charge on any atom is -0.492 e. The van der Waals surface area contributed by atoms with E-state index in [1.165, 1.54) is 0 Å². The molecule has 2 amide bonds. The molecule has 1 saturated heterocycles. The molecule has 1 aliphatic heterocycles. The standard InChI is InChI=1S/C28H33N3O3/c1-4-34-25-12-8-7-11-24(25)30-15-17-31(18-16-30)28(33)26(20(2)3)29-27(32)23-14-13-21-9-5-6-10-22(21)19-23/h5-14,19-20,26H,4,15-18H2,1-3H3,(H,29,32). The third-order valence-electron chi connectivity index (χ3n) is 6.33. The van der Waals surface area contributed by atoms with Crippen molar-refractivity contribution in [2.75, 3.05) is 37.7 Å². The van der Waals surface area contributed by atoms with Gasteiger partial charge in [-0.05, 0) is 47.9 Å². The van der Waals surface area contributed by atoms with Gasteiger partial charge < -0.3 is 19.9 Å². The van der Waals surface area contributed by atoms with Crippen molar-refractivity contribution < 1.29 is 14.3 Å². The highest BCUT2D eigenvalue weighted by Gasteiger charge is 2.31. The number of nitrogens with one attached hydrogen (secondary N) is 1. The Labute approximate surface area is 201 Å². The van der Waals surface area contributed by atoms with Crippen molar-refractivity contribution in [1.82, 2.24) is 10.2 Å². The summed E-state index contributed by atoms with van der Waals surface area (Å²) in [4.78, 5) is 30.5. The van der Waals surface area contributed by atoms with Crippen molar-refractivity contribution in [3.63, 3.8) is 0 Å². The molecule has 0 aliphatic carbocycles. The van der Waals surface area contributed by atoms with Crippen LogP contribution < -0.4 is 15.0 Å². The van der Waals surface area contributed by atoms with E-state index in [9.17, 15) is 9.59 Å². The zero-order valence-corrected chi connectivity index (χ0v) is 20.2. The van der Waals surface area contributed by atoms with Gasteiger partial charge in [0, 0.05) is 31.7 Å². The highest BCUT2D eigenvalue weighted by atomic mass is 16.5. The first-order chi connectivity index (χ1) is 16.5. The van der Waals surface area contributed by atoms with E-state index < -0.39 is 6.04 Å². The number of fused-ring (bicyclic) bond motifs is 1. The Kier molecular flexibility index (Phi) is 7.36. The maximum atomic E-state index is 13.4. The smallest absolute Gasteiger partial charge is 0.251 e. The molecule has 0 bridgehead atoms. The Morgan fingerprint density at radius 2 is 1.59 bits per heavy atom. The fourth-order valence-electron chi connectivity index (χ4n) is 4.43. The van der Waals surface area contributed by atoms with Crippen molar-refractivity contribution in [2.45, 2.75) is 26.8 Å². The number of nitrogens with zero attached hydrogens (tertiary/aromatic N) is 2. The van der Waals surface area contributed by atoms with Crippen LogP contribution in [-0.2, 0) is 4.79 Å². The number of amides is 2. The second-order valence-corrected chi connectivity index (χ2v) is 8.97. The Morgan fingerprint density at radius 3 is 2.29 bits per heavy atom. The Morgan fingerprint density at radius 1 is 0.912 bits per heavy atom. The highest BCUT2D eigenvalue weighted by Crippen LogP contribution is 2.29. The van der Waals surface area contributed by atoms with Gasteiger partial charge in [0.2, 0.25) is 5.91 Å². The molecule has 0 aromatic heterocycles. The van der Waals surface area contributed by atoms with Crippen LogP contribution in [0.1, 0.15) is 31.1 Å². The van der Waals surface area contributed by atoms with E-state index in [1.54, 1.807) is 0 Å². The average molecular weight is 460 g/mol. The summed E-state index contributed by atoms with van der Waals surface area (Å²) in [6.07, 6.45) is 0. The summed E-state index contributed by atoms with van der Waals surface area (Å²) in [5.41, 5.74) is 1.62. The summed E-state index contributed by atoms with van der Waals surface area (Å²) in [6.45, 7) is 9.19. The Balaban J connectivity index is 1.42. The van der Waals surface area contributed by atoms with Gasteiger partial charge in [0.1, 0.15) is 11.8 Å². The van der Waals surface area contributed by atoms with Crippen LogP contribution in [0.2, 0.25) is 0 Å². The molecule has 1 heterocycles. The summed E-state index contributed by atoms with van der Waals surface area (Å²) in [6, 6.07) is 21.0.